The summed E-state index contributed by atoms with van der Waals surface area (Å²) in [5, 5.41) is 2.75. The van der Waals surface area contributed by atoms with Crippen molar-refractivity contribution in [3.8, 4) is 0 Å². The van der Waals surface area contributed by atoms with Crippen LogP contribution in [0, 0.1) is 0 Å². The number of nitrogens with zero attached hydrogens (tertiary/aromatic N) is 2. The predicted octanol–water partition coefficient (Wildman–Crippen LogP) is 1.60. The standard InChI is InChI=1S/C11H13Cl2N3O2/c1-3-16(2)10(17)6-14-11(18)7-4-8(12)15-9(13)5-7/h4-5H,3,6H2,1-2H3,(H,14,18). The zero-order valence-electron chi connectivity index (χ0n) is 10.0. The summed E-state index contributed by atoms with van der Waals surface area (Å²) in [6.45, 7) is 2.37. The molecule has 0 saturated heterocycles. The normalized spacial score (nSPS) is 10.0. The van der Waals surface area contributed by atoms with Crippen LogP contribution >= 0.6 is 23.2 Å². The number of likely N-dealkylation sites (N-methyl/N-ethyl adjacent to an activating group) is 1. The molecule has 0 saturated carbocycles. The Morgan fingerprint density at radius 1 is 1.33 bits per heavy atom. The fraction of sp³-hybridized carbons (Fsp3) is 0.364. The van der Waals surface area contributed by atoms with E-state index in [1.165, 1.54) is 17.0 Å². The lowest BCUT2D eigenvalue weighted by Gasteiger charge is -2.14. The lowest BCUT2D eigenvalue weighted by Crippen LogP contribution is -2.38. The van der Waals surface area contributed by atoms with E-state index in [2.05, 4.69) is 10.3 Å². The largest absolute Gasteiger partial charge is 0.345 e. The average Bonchev–Trinajstić information content (AvgIpc) is 2.33. The van der Waals surface area contributed by atoms with Gasteiger partial charge in [0.05, 0.1) is 6.54 Å². The Labute approximate surface area is 115 Å². The second-order valence-corrected chi connectivity index (χ2v) is 4.37. The Morgan fingerprint density at radius 2 is 1.89 bits per heavy atom. The Morgan fingerprint density at radius 3 is 2.39 bits per heavy atom. The van der Waals surface area contributed by atoms with Crippen LogP contribution in [0.25, 0.3) is 0 Å². The average molecular weight is 290 g/mol. The van der Waals surface area contributed by atoms with E-state index in [1.807, 2.05) is 6.92 Å². The van der Waals surface area contributed by atoms with Crippen LogP contribution in [0.5, 0.6) is 0 Å². The van der Waals surface area contributed by atoms with Crippen LogP contribution in [0.15, 0.2) is 12.1 Å². The third-order valence-corrected chi connectivity index (χ3v) is 2.71. The maximum atomic E-state index is 11.7. The highest BCUT2D eigenvalue weighted by Crippen LogP contribution is 2.14. The topological polar surface area (TPSA) is 62.3 Å². The fourth-order valence-corrected chi connectivity index (χ4v) is 1.63. The van der Waals surface area contributed by atoms with E-state index in [4.69, 9.17) is 23.2 Å². The molecule has 1 aromatic heterocycles. The summed E-state index contributed by atoms with van der Waals surface area (Å²) in [5.41, 5.74) is 0.270. The minimum Gasteiger partial charge on any atom is -0.345 e. The van der Waals surface area contributed by atoms with Gasteiger partial charge in [0.2, 0.25) is 5.91 Å². The third-order valence-electron chi connectivity index (χ3n) is 2.33. The molecule has 18 heavy (non-hydrogen) atoms. The highest BCUT2D eigenvalue weighted by molar-refractivity contribution is 6.33. The molecule has 5 nitrogen and oxygen atoms in total. The van der Waals surface area contributed by atoms with Crippen molar-refractivity contribution in [2.45, 2.75) is 6.92 Å². The first kappa shape index (κ1) is 14.7. The first-order chi connectivity index (χ1) is 8.43. The van der Waals surface area contributed by atoms with Crippen LogP contribution in [0.4, 0.5) is 0 Å². The molecule has 0 aromatic carbocycles. The Bertz CT molecular complexity index is 445. The summed E-state index contributed by atoms with van der Waals surface area (Å²) in [7, 11) is 1.66. The summed E-state index contributed by atoms with van der Waals surface area (Å²) in [4.78, 5) is 28.5. The number of aromatic nitrogens is 1. The number of nitrogens with one attached hydrogen (secondary N) is 1. The summed E-state index contributed by atoms with van der Waals surface area (Å²) in [5.74, 6) is -0.587. The highest BCUT2D eigenvalue weighted by atomic mass is 35.5. The number of rotatable bonds is 4. The summed E-state index contributed by atoms with van der Waals surface area (Å²) in [6.07, 6.45) is 0. The van der Waals surface area contributed by atoms with Crippen LogP contribution in [-0.2, 0) is 4.79 Å². The zero-order chi connectivity index (χ0) is 13.7. The van der Waals surface area contributed by atoms with E-state index in [1.54, 1.807) is 7.05 Å². The molecule has 0 unspecified atom stereocenters. The summed E-state index contributed by atoms with van der Waals surface area (Å²) >= 11 is 11.4. The number of hydrogen-bond acceptors (Lipinski definition) is 3. The van der Waals surface area contributed by atoms with Gasteiger partial charge in [0.15, 0.2) is 0 Å². The number of pyridine rings is 1. The molecular formula is C11H13Cl2N3O2. The highest BCUT2D eigenvalue weighted by Gasteiger charge is 2.12. The maximum Gasteiger partial charge on any atom is 0.251 e. The van der Waals surface area contributed by atoms with Gasteiger partial charge in [-0.1, -0.05) is 23.2 Å². The lowest BCUT2D eigenvalue weighted by molar-refractivity contribution is -0.128. The zero-order valence-corrected chi connectivity index (χ0v) is 11.5. The van der Waals surface area contributed by atoms with E-state index in [0.29, 0.717) is 6.54 Å². The Hall–Kier alpha value is -1.33. The van der Waals surface area contributed by atoms with Gasteiger partial charge in [-0.3, -0.25) is 9.59 Å². The van der Waals surface area contributed by atoms with E-state index in [0.717, 1.165) is 0 Å². The number of carbonyl (C=O) groups is 2. The van der Waals surface area contributed by atoms with Gasteiger partial charge in [0.25, 0.3) is 5.91 Å². The number of amides is 2. The molecule has 0 bridgehead atoms. The van der Waals surface area contributed by atoms with Crippen molar-refractivity contribution in [3.05, 3.63) is 28.0 Å². The molecule has 1 N–H and O–H groups in total. The summed E-state index contributed by atoms with van der Waals surface area (Å²) in [6, 6.07) is 2.77. The molecule has 7 heteroatoms. The molecule has 0 aliphatic heterocycles. The quantitative estimate of drug-likeness (QED) is 0.857. The molecule has 1 rings (SSSR count). The minimum absolute atomic E-state index is 0.0687. The number of halogens is 2. The molecule has 0 aliphatic carbocycles. The molecule has 1 heterocycles. The number of carbonyl (C=O) groups excluding carboxylic acids is 2. The van der Waals surface area contributed by atoms with Gasteiger partial charge < -0.3 is 10.2 Å². The van der Waals surface area contributed by atoms with Gasteiger partial charge in [-0.15, -0.1) is 0 Å². The van der Waals surface area contributed by atoms with E-state index in [-0.39, 0.29) is 28.3 Å². The smallest absolute Gasteiger partial charge is 0.251 e. The SMILES string of the molecule is CCN(C)C(=O)CNC(=O)c1cc(Cl)nc(Cl)c1. The van der Waals surface area contributed by atoms with Gasteiger partial charge in [-0.05, 0) is 19.1 Å². The van der Waals surface area contributed by atoms with Crippen molar-refractivity contribution >= 4 is 35.0 Å². The second kappa shape index (κ2) is 6.56. The van der Waals surface area contributed by atoms with Crippen LogP contribution in [-0.4, -0.2) is 41.8 Å². The van der Waals surface area contributed by atoms with Gasteiger partial charge in [-0.25, -0.2) is 4.98 Å². The van der Waals surface area contributed by atoms with Crippen molar-refractivity contribution < 1.29 is 9.59 Å². The van der Waals surface area contributed by atoms with Crippen molar-refractivity contribution in [3.63, 3.8) is 0 Å². The third kappa shape index (κ3) is 4.16. The van der Waals surface area contributed by atoms with Gasteiger partial charge >= 0.3 is 0 Å². The van der Waals surface area contributed by atoms with Gasteiger partial charge in [0, 0.05) is 19.2 Å². The van der Waals surface area contributed by atoms with Crippen molar-refractivity contribution in [2.75, 3.05) is 20.1 Å². The first-order valence-electron chi connectivity index (χ1n) is 5.29. The lowest BCUT2D eigenvalue weighted by atomic mass is 10.2. The first-order valence-corrected chi connectivity index (χ1v) is 6.05. The van der Waals surface area contributed by atoms with Gasteiger partial charge in [-0.2, -0.15) is 0 Å². The Kier molecular flexibility index (Phi) is 5.37. The number of hydrogen-bond donors (Lipinski definition) is 1. The van der Waals surface area contributed by atoms with Crippen LogP contribution in [0.2, 0.25) is 10.3 Å². The molecular weight excluding hydrogens is 277 g/mol. The van der Waals surface area contributed by atoms with Crippen molar-refractivity contribution in [1.82, 2.24) is 15.2 Å². The van der Waals surface area contributed by atoms with E-state index >= 15 is 0 Å². The monoisotopic (exact) mass is 289 g/mol. The molecule has 2 amide bonds. The minimum atomic E-state index is -0.418. The van der Waals surface area contributed by atoms with Crippen LogP contribution < -0.4 is 5.32 Å². The molecule has 0 spiro atoms. The van der Waals surface area contributed by atoms with Crippen LogP contribution in [0.1, 0.15) is 17.3 Å². The summed E-state index contributed by atoms with van der Waals surface area (Å²) < 4.78 is 0. The maximum absolute atomic E-state index is 11.7. The molecule has 0 aliphatic rings. The molecule has 98 valence electrons. The molecule has 0 radical (unpaired) electrons. The van der Waals surface area contributed by atoms with Crippen molar-refractivity contribution in [1.29, 1.82) is 0 Å². The second-order valence-electron chi connectivity index (χ2n) is 3.59. The van der Waals surface area contributed by atoms with Crippen LogP contribution in [0.3, 0.4) is 0 Å². The van der Waals surface area contributed by atoms with E-state index < -0.39 is 5.91 Å². The molecule has 0 fully saturated rings. The fourth-order valence-electron chi connectivity index (χ4n) is 1.17. The molecule has 0 atom stereocenters. The van der Waals surface area contributed by atoms with E-state index in [9.17, 15) is 9.59 Å². The molecule has 1 aromatic rings. The van der Waals surface area contributed by atoms with Crippen molar-refractivity contribution in [2.24, 2.45) is 0 Å². The predicted molar refractivity (Wildman–Crippen MR) is 69.9 cm³/mol. The Balaban J connectivity index is 2.63. The van der Waals surface area contributed by atoms with Gasteiger partial charge in [0.1, 0.15) is 10.3 Å².